The van der Waals surface area contributed by atoms with Crippen molar-refractivity contribution >= 4 is 44.1 Å². The van der Waals surface area contributed by atoms with Gasteiger partial charge in [0.1, 0.15) is 22.0 Å². The smallest absolute Gasteiger partial charge is 0.212 e. The number of hydrogen-bond donors (Lipinski definition) is 1. The highest BCUT2D eigenvalue weighted by atomic mass is 32.2. The van der Waals surface area contributed by atoms with Gasteiger partial charge in [0, 0.05) is 18.0 Å². The van der Waals surface area contributed by atoms with Gasteiger partial charge in [0.15, 0.2) is 5.65 Å². The topological polar surface area (TPSA) is 125 Å². The third-order valence-corrected chi connectivity index (χ3v) is 6.91. The molecule has 0 spiro atoms. The maximum absolute atomic E-state index is 13.6. The van der Waals surface area contributed by atoms with Gasteiger partial charge in [0.2, 0.25) is 9.84 Å². The zero-order valence-electron chi connectivity index (χ0n) is 17.5. The number of methoxy groups -OCH3 is 1. The molecule has 0 fully saturated rings. The number of nitrogens with zero attached hydrogens (tertiary/aromatic N) is 5. The predicted molar refractivity (Wildman–Crippen MR) is 125 cm³/mol. The molecule has 0 radical (unpaired) electrons. The largest absolute Gasteiger partial charge is 0.497 e. The number of rotatable bonds is 5. The van der Waals surface area contributed by atoms with E-state index in [9.17, 15) is 8.42 Å². The second-order valence-corrected chi connectivity index (χ2v) is 9.01. The molecule has 0 aliphatic rings. The van der Waals surface area contributed by atoms with Crippen LogP contribution in [0.1, 0.15) is 5.56 Å². The number of benzene rings is 2. The molecule has 0 bridgehead atoms. The van der Waals surface area contributed by atoms with Crippen LogP contribution >= 0.6 is 0 Å². The van der Waals surface area contributed by atoms with Crippen LogP contribution in [0.4, 0.5) is 5.82 Å². The standard InChI is InChI=1S/C23H18N6O3S/c1-32-16-8-10-17(11-9-16)33(30,31)21-20-23(28-19-7-3-2-6-18(19)27-20)29(22(21)24)26-14-15-5-4-12-25-13-15/h2-14H,24H2,1H3/b26-14-. The van der Waals surface area contributed by atoms with Crippen molar-refractivity contribution in [3.63, 3.8) is 0 Å². The van der Waals surface area contributed by atoms with E-state index in [4.69, 9.17) is 10.5 Å². The Bertz CT molecular complexity index is 1610. The van der Waals surface area contributed by atoms with Gasteiger partial charge in [-0.1, -0.05) is 18.2 Å². The minimum atomic E-state index is -4.04. The fourth-order valence-electron chi connectivity index (χ4n) is 3.45. The molecule has 33 heavy (non-hydrogen) atoms. The van der Waals surface area contributed by atoms with Crippen LogP contribution in [0.15, 0.2) is 87.9 Å². The molecule has 0 amide bonds. The molecule has 0 saturated heterocycles. The Morgan fingerprint density at radius 2 is 1.73 bits per heavy atom. The van der Waals surface area contributed by atoms with Crippen LogP contribution in [0.5, 0.6) is 5.75 Å². The van der Waals surface area contributed by atoms with Crippen LogP contribution in [0.3, 0.4) is 0 Å². The molecular formula is C23H18N6O3S. The van der Waals surface area contributed by atoms with Crippen molar-refractivity contribution in [2.75, 3.05) is 12.8 Å². The lowest BCUT2D eigenvalue weighted by Gasteiger charge is -2.06. The summed E-state index contributed by atoms with van der Waals surface area (Å²) < 4.78 is 33.7. The number of nitrogen functional groups attached to an aromatic ring is 1. The second-order valence-electron chi connectivity index (χ2n) is 7.12. The lowest BCUT2D eigenvalue weighted by molar-refractivity contribution is 0.414. The molecule has 0 unspecified atom stereocenters. The van der Waals surface area contributed by atoms with Crippen LogP contribution < -0.4 is 10.5 Å². The molecule has 2 N–H and O–H groups in total. The van der Waals surface area contributed by atoms with E-state index in [0.717, 1.165) is 0 Å². The summed E-state index contributed by atoms with van der Waals surface area (Å²) in [5.74, 6) is 0.451. The molecular weight excluding hydrogens is 440 g/mol. The summed E-state index contributed by atoms with van der Waals surface area (Å²) in [5, 5.41) is 4.41. The molecule has 2 aromatic carbocycles. The van der Waals surface area contributed by atoms with Gasteiger partial charge < -0.3 is 10.5 Å². The maximum Gasteiger partial charge on any atom is 0.212 e. The number of anilines is 1. The number of sulfone groups is 1. The Morgan fingerprint density at radius 1 is 1.00 bits per heavy atom. The van der Waals surface area contributed by atoms with Crippen molar-refractivity contribution in [2.45, 2.75) is 9.79 Å². The Hall–Kier alpha value is -4.31. The molecule has 3 aromatic heterocycles. The van der Waals surface area contributed by atoms with Crippen LogP contribution in [0.2, 0.25) is 0 Å². The SMILES string of the molecule is COc1ccc(S(=O)(=O)c2c(N)n(/N=C\c3cccnc3)c3nc4ccccc4nc23)cc1. The Labute approximate surface area is 189 Å². The molecule has 5 rings (SSSR count). The quantitative estimate of drug-likeness (QED) is 0.401. The van der Waals surface area contributed by atoms with E-state index in [1.807, 2.05) is 12.1 Å². The summed E-state index contributed by atoms with van der Waals surface area (Å²) in [4.78, 5) is 13.2. The molecule has 0 atom stereocenters. The van der Waals surface area contributed by atoms with E-state index in [2.05, 4.69) is 20.1 Å². The molecule has 3 heterocycles. The lowest BCUT2D eigenvalue weighted by Crippen LogP contribution is -2.06. The fourth-order valence-corrected chi connectivity index (χ4v) is 4.94. The summed E-state index contributed by atoms with van der Waals surface area (Å²) in [5.41, 5.74) is 8.60. The van der Waals surface area contributed by atoms with Crippen molar-refractivity contribution in [2.24, 2.45) is 5.10 Å². The third-order valence-electron chi connectivity index (χ3n) is 5.07. The molecule has 10 heteroatoms. The molecule has 5 aromatic rings. The Morgan fingerprint density at radius 3 is 2.39 bits per heavy atom. The first-order valence-electron chi connectivity index (χ1n) is 9.89. The van der Waals surface area contributed by atoms with Crippen molar-refractivity contribution in [1.29, 1.82) is 0 Å². The molecule has 164 valence electrons. The normalized spacial score (nSPS) is 12.0. The lowest BCUT2D eigenvalue weighted by atomic mass is 10.3. The average Bonchev–Trinajstić information content (AvgIpc) is 3.12. The number of para-hydroxylation sites is 2. The first-order chi connectivity index (χ1) is 16.0. The highest BCUT2D eigenvalue weighted by molar-refractivity contribution is 7.92. The molecule has 0 aliphatic heterocycles. The van der Waals surface area contributed by atoms with Crippen molar-refractivity contribution in [3.8, 4) is 5.75 Å². The highest BCUT2D eigenvalue weighted by Gasteiger charge is 2.30. The number of aromatic nitrogens is 4. The zero-order valence-corrected chi connectivity index (χ0v) is 18.3. The summed E-state index contributed by atoms with van der Waals surface area (Å²) in [6.07, 6.45) is 4.80. The van der Waals surface area contributed by atoms with Crippen LogP contribution in [0, 0.1) is 0 Å². The summed E-state index contributed by atoms with van der Waals surface area (Å²) in [6.45, 7) is 0. The summed E-state index contributed by atoms with van der Waals surface area (Å²) in [7, 11) is -2.53. The van der Waals surface area contributed by atoms with Gasteiger partial charge in [-0.2, -0.15) is 9.78 Å². The monoisotopic (exact) mass is 458 g/mol. The molecule has 0 aliphatic carbocycles. The Balaban J connectivity index is 1.78. The average molecular weight is 459 g/mol. The van der Waals surface area contributed by atoms with E-state index in [0.29, 0.717) is 22.3 Å². The number of ether oxygens (including phenoxy) is 1. The maximum atomic E-state index is 13.6. The van der Waals surface area contributed by atoms with Crippen molar-refractivity contribution < 1.29 is 13.2 Å². The van der Waals surface area contributed by atoms with Gasteiger partial charge in [0.05, 0.1) is 29.3 Å². The van der Waals surface area contributed by atoms with E-state index in [1.165, 1.54) is 30.1 Å². The van der Waals surface area contributed by atoms with Gasteiger partial charge >= 0.3 is 0 Å². The van der Waals surface area contributed by atoms with E-state index >= 15 is 0 Å². The summed E-state index contributed by atoms with van der Waals surface area (Å²) in [6, 6.07) is 16.8. The van der Waals surface area contributed by atoms with E-state index < -0.39 is 9.84 Å². The minimum absolute atomic E-state index is 0.0558. The van der Waals surface area contributed by atoms with Crippen LogP contribution in [-0.2, 0) is 9.84 Å². The Kier molecular flexibility index (Phi) is 4.98. The van der Waals surface area contributed by atoms with Gasteiger partial charge in [-0.3, -0.25) is 4.98 Å². The first-order valence-corrected chi connectivity index (χ1v) is 11.4. The van der Waals surface area contributed by atoms with Crippen molar-refractivity contribution in [1.82, 2.24) is 19.6 Å². The third kappa shape index (κ3) is 3.56. The molecule has 0 saturated carbocycles. The predicted octanol–water partition coefficient (Wildman–Crippen LogP) is 3.29. The number of nitrogens with two attached hydrogens (primary N) is 1. The van der Waals surface area contributed by atoms with Crippen LogP contribution in [-0.4, -0.2) is 41.4 Å². The zero-order chi connectivity index (χ0) is 23.0. The van der Waals surface area contributed by atoms with Crippen molar-refractivity contribution in [3.05, 3.63) is 78.6 Å². The molecule has 9 nitrogen and oxygen atoms in total. The number of hydrogen-bond acceptors (Lipinski definition) is 8. The van der Waals surface area contributed by atoms with E-state index in [-0.39, 0.29) is 26.8 Å². The minimum Gasteiger partial charge on any atom is -0.497 e. The fraction of sp³-hybridized carbons (Fsp3) is 0.0435. The first kappa shape index (κ1) is 20.6. The second kappa shape index (κ2) is 7.99. The van der Waals surface area contributed by atoms with Gasteiger partial charge in [0.25, 0.3) is 0 Å². The van der Waals surface area contributed by atoms with Gasteiger partial charge in [-0.15, -0.1) is 0 Å². The van der Waals surface area contributed by atoms with Gasteiger partial charge in [-0.05, 0) is 42.5 Å². The van der Waals surface area contributed by atoms with Crippen LogP contribution in [0.25, 0.3) is 22.2 Å². The summed E-state index contributed by atoms with van der Waals surface area (Å²) >= 11 is 0. The highest BCUT2D eigenvalue weighted by Crippen LogP contribution is 2.35. The number of fused-ring (bicyclic) bond motifs is 2. The van der Waals surface area contributed by atoms with Gasteiger partial charge in [-0.25, -0.2) is 18.4 Å². The number of pyridine rings is 1. The van der Waals surface area contributed by atoms with E-state index in [1.54, 1.807) is 48.8 Å².